The van der Waals surface area contributed by atoms with E-state index in [-0.39, 0.29) is 24.0 Å². The van der Waals surface area contributed by atoms with Gasteiger partial charge in [0.1, 0.15) is 5.78 Å². The minimum absolute atomic E-state index is 0.0600. The van der Waals surface area contributed by atoms with Gasteiger partial charge in [0, 0.05) is 42.6 Å². The summed E-state index contributed by atoms with van der Waals surface area (Å²) in [6.45, 7) is 2.22. The molecule has 0 aliphatic carbocycles. The SMILES string of the molecule is CCCC(=O)Cc1cc(C(=O)NC(C)c2ccc(OCC(F)(F)F)nc2)ccn1. The molecule has 29 heavy (non-hydrogen) atoms. The molecule has 0 radical (unpaired) electrons. The Kier molecular flexibility index (Phi) is 7.69. The number of nitrogens with zero attached hydrogens (tertiary/aromatic N) is 2. The third-order valence-electron chi connectivity index (χ3n) is 3.98. The fourth-order valence-electron chi connectivity index (χ4n) is 2.54. The molecule has 0 bridgehead atoms. The fourth-order valence-corrected chi connectivity index (χ4v) is 2.54. The molecule has 2 aromatic rings. The average Bonchev–Trinajstić information content (AvgIpc) is 2.66. The number of hydrogen-bond acceptors (Lipinski definition) is 5. The first-order valence-electron chi connectivity index (χ1n) is 9.11. The molecule has 1 amide bonds. The minimum Gasteiger partial charge on any atom is -0.468 e. The van der Waals surface area contributed by atoms with Crippen LogP contribution in [0.3, 0.4) is 0 Å². The van der Waals surface area contributed by atoms with Gasteiger partial charge in [-0.15, -0.1) is 0 Å². The Hall–Kier alpha value is -2.97. The van der Waals surface area contributed by atoms with Gasteiger partial charge in [-0.05, 0) is 31.0 Å². The lowest BCUT2D eigenvalue weighted by molar-refractivity contribution is -0.154. The number of amides is 1. The van der Waals surface area contributed by atoms with Crippen LogP contribution in [-0.2, 0) is 11.2 Å². The van der Waals surface area contributed by atoms with Crippen molar-refractivity contribution in [1.29, 1.82) is 0 Å². The van der Waals surface area contributed by atoms with Crippen molar-refractivity contribution < 1.29 is 27.5 Å². The average molecular weight is 409 g/mol. The molecule has 9 heteroatoms. The van der Waals surface area contributed by atoms with Crippen LogP contribution in [0.1, 0.15) is 54.3 Å². The predicted molar refractivity (Wildman–Crippen MR) is 99.5 cm³/mol. The maximum absolute atomic E-state index is 12.5. The summed E-state index contributed by atoms with van der Waals surface area (Å²) < 4.78 is 41.1. The highest BCUT2D eigenvalue weighted by atomic mass is 19.4. The lowest BCUT2D eigenvalue weighted by Crippen LogP contribution is -2.27. The molecular weight excluding hydrogens is 387 g/mol. The van der Waals surface area contributed by atoms with Gasteiger partial charge in [0.25, 0.3) is 5.91 Å². The number of nitrogens with one attached hydrogen (secondary N) is 1. The highest BCUT2D eigenvalue weighted by molar-refractivity contribution is 5.94. The summed E-state index contributed by atoms with van der Waals surface area (Å²) in [6.07, 6.45) is -0.226. The summed E-state index contributed by atoms with van der Waals surface area (Å²) in [5.41, 5.74) is 1.49. The number of hydrogen-bond donors (Lipinski definition) is 1. The van der Waals surface area contributed by atoms with Crippen molar-refractivity contribution in [2.75, 3.05) is 6.61 Å². The number of ether oxygens (including phenoxy) is 1. The number of alkyl halides is 3. The largest absolute Gasteiger partial charge is 0.468 e. The zero-order chi connectivity index (χ0) is 21.4. The number of halogens is 3. The van der Waals surface area contributed by atoms with E-state index in [1.807, 2.05) is 6.92 Å². The molecule has 2 rings (SSSR count). The predicted octanol–water partition coefficient (Wildman–Crippen LogP) is 3.82. The van der Waals surface area contributed by atoms with Crippen LogP contribution in [0.15, 0.2) is 36.7 Å². The second-order valence-electron chi connectivity index (χ2n) is 6.53. The van der Waals surface area contributed by atoms with Crippen molar-refractivity contribution in [3.05, 3.63) is 53.5 Å². The smallest absolute Gasteiger partial charge is 0.422 e. The van der Waals surface area contributed by atoms with E-state index in [1.165, 1.54) is 24.5 Å². The summed E-state index contributed by atoms with van der Waals surface area (Å²) in [7, 11) is 0. The van der Waals surface area contributed by atoms with Crippen LogP contribution in [-0.4, -0.2) is 34.4 Å². The van der Waals surface area contributed by atoms with E-state index in [1.54, 1.807) is 19.1 Å². The lowest BCUT2D eigenvalue weighted by Gasteiger charge is -2.15. The third-order valence-corrected chi connectivity index (χ3v) is 3.98. The molecule has 1 atom stereocenters. The van der Waals surface area contributed by atoms with Gasteiger partial charge in [0.05, 0.1) is 6.04 Å². The summed E-state index contributed by atoms with van der Waals surface area (Å²) in [4.78, 5) is 32.2. The molecule has 6 nitrogen and oxygen atoms in total. The molecule has 0 saturated heterocycles. The molecule has 1 N–H and O–H groups in total. The van der Waals surface area contributed by atoms with E-state index in [0.717, 1.165) is 6.42 Å². The van der Waals surface area contributed by atoms with Crippen molar-refractivity contribution in [2.45, 2.75) is 45.3 Å². The first-order valence-corrected chi connectivity index (χ1v) is 9.11. The second-order valence-corrected chi connectivity index (χ2v) is 6.53. The van der Waals surface area contributed by atoms with Crippen LogP contribution in [0.25, 0.3) is 0 Å². The lowest BCUT2D eigenvalue weighted by atomic mass is 10.1. The molecule has 0 aliphatic heterocycles. The molecule has 2 heterocycles. The van der Waals surface area contributed by atoms with Crippen molar-refractivity contribution in [3.8, 4) is 5.88 Å². The topological polar surface area (TPSA) is 81.2 Å². The first kappa shape index (κ1) is 22.3. The Morgan fingerprint density at radius 2 is 1.97 bits per heavy atom. The number of carbonyl (C=O) groups is 2. The molecule has 1 unspecified atom stereocenters. The standard InChI is InChI=1S/C20H22F3N3O3/c1-3-4-17(27)10-16-9-14(7-8-24-16)19(28)26-13(2)15-5-6-18(25-11-15)29-12-20(21,22)23/h5-9,11,13H,3-4,10,12H2,1-2H3,(H,26,28). The van der Waals surface area contributed by atoms with Crippen LogP contribution in [0, 0.1) is 0 Å². The molecule has 156 valence electrons. The molecule has 2 aromatic heterocycles. The summed E-state index contributed by atoms with van der Waals surface area (Å²) in [5, 5.41) is 2.78. The van der Waals surface area contributed by atoms with Crippen molar-refractivity contribution >= 4 is 11.7 Å². The Balaban J connectivity index is 1.97. The van der Waals surface area contributed by atoms with Crippen molar-refractivity contribution in [1.82, 2.24) is 15.3 Å². The van der Waals surface area contributed by atoms with Gasteiger partial charge < -0.3 is 10.1 Å². The molecule has 0 aliphatic rings. The van der Waals surface area contributed by atoms with Gasteiger partial charge in [0.15, 0.2) is 6.61 Å². The van der Waals surface area contributed by atoms with E-state index in [4.69, 9.17) is 0 Å². The molecule has 0 spiro atoms. The van der Waals surface area contributed by atoms with E-state index in [0.29, 0.717) is 23.2 Å². The number of aromatic nitrogens is 2. The van der Waals surface area contributed by atoms with Crippen LogP contribution in [0.2, 0.25) is 0 Å². The number of rotatable bonds is 9. The van der Waals surface area contributed by atoms with E-state index in [9.17, 15) is 22.8 Å². The van der Waals surface area contributed by atoms with E-state index < -0.39 is 18.8 Å². The van der Waals surface area contributed by atoms with Gasteiger partial charge >= 0.3 is 6.18 Å². The highest BCUT2D eigenvalue weighted by Gasteiger charge is 2.28. The molecule has 0 saturated carbocycles. The van der Waals surface area contributed by atoms with Crippen LogP contribution in [0.5, 0.6) is 5.88 Å². The summed E-state index contributed by atoms with van der Waals surface area (Å²) in [6, 6.07) is 5.52. The van der Waals surface area contributed by atoms with Crippen molar-refractivity contribution in [3.63, 3.8) is 0 Å². The third kappa shape index (κ3) is 7.52. The maximum Gasteiger partial charge on any atom is 0.422 e. The normalized spacial score (nSPS) is 12.3. The number of pyridine rings is 2. The first-order chi connectivity index (χ1) is 13.7. The number of Topliss-reactive ketones (excluding diaryl/α,β-unsaturated/α-hetero) is 1. The molecule has 0 fully saturated rings. The Morgan fingerprint density at radius 3 is 2.59 bits per heavy atom. The fraction of sp³-hybridized carbons (Fsp3) is 0.400. The van der Waals surface area contributed by atoms with Crippen molar-refractivity contribution in [2.24, 2.45) is 0 Å². The molecule has 0 aromatic carbocycles. The van der Waals surface area contributed by atoms with E-state index >= 15 is 0 Å². The Labute approximate surface area is 166 Å². The summed E-state index contributed by atoms with van der Waals surface area (Å²) >= 11 is 0. The van der Waals surface area contributed by atoms with Gasteiger partial charge in [0.2, 0.25) is 5.88 Å². The molecular formula is C20H22F3N3O3. The quantitative estimate of drug-likeness (QED) is 0.681. The highest BCUT2D eigenvalue weighted by Crippen LogP contribution is 2.19. The van der Waals surface area contributed by atoms with Gasteiger partial charge in [-0.3, -0.25) is 14.6 Å². The Morgan fingerprint density at radius 1 is 1.21 bits per heavy atom. The van der Waals surface area contributed by atoms with Crippen LogP contribution < -0.4 is 10.1 Å². The second kappa shape index (κ2) is 9.99. The minimum atomic E-state index is -4.44. The monoisotopic (exact) mass is 409 g/mol. The van der Waals surface area contributed by atoms with Crippen LogP contribution >= 0.6 is 0 Å². The summed E-state index contributed by atoms with van der Waals surface area (Å²) in [5.74, 6) is -0.452. The number of ketones is 1. The maximum atomic E-state index is 12.5. The van der Waals surface area contributed by atoms with Gasteiger partial charge in [-0.2, -0.15) is 13.2 Å². The number of carbonyl (C=O) groups excluding carboxylic acids is 2. The van der Waals surface area contributed by atoms with E-state index in [2.05, 4.69) is 20.0 Å². The van der Waals surface area contributed by atoms with Crippen LogP contribution in [0.4, 0.5) is 13.2 Å². The van der Waals surface area contributed by atoms with Gasteiger partial charge in [-0.25, -0.2) is 4.98 Å². The zero-order valence-electron chi connectivity index (χ0n) is 16.1. The Bertz CT molecular complexity index is 839. The van der Waals surface area contributed by atoms with Gasteiger partial charge in [-0.1, -0.05) is 13.0 Å². The zero-order valence-corrected chi connectivity index (χ0v) is 16.1.